The summed E-state index contributed by atoms with van der Waals surface area (Å²) in [5.74, 6) is -0.00639. The Morgan fingerprint density at radius 2 is 2.25 bits per heavy atom. The van der Waals surface area contributed by atoms with Crippen molar-refractivity contribution >= 4 is 17.4 Å². The summed E-state index contributed by atoms with van der Waals surface area (Å²) < 4.78 is 1.55. The van der Waals surface area contributed by atoms with E-state index in [2.05, 4.69) is 10.1 Å². The second-order valence-electron chi connectivity index (χ2n) is 3.41. The van der Waals surface area contributed by atoms with Gasteiger partial charge in [-0.1, -0.05) is 11.6 Å². The average Bonchev–Trinajstić information content (AvgIpc) is 2.68. The summed E-state index contributed by atoms with van der Waals surface area (Å²) in [7, 11) is 1.74. The minimum atomic E-state index is -0.00639. The number of pyridine rings is 1. The Hall–Kier alpha value is -1.68. The van der Waals surface area contributed by atoms with Crippen molar-refractivity contribution in [3.63, 3.8) is 0 Å². The quantitative estimate of drug-likeness (QED) is 0.764. The maximum absolute atomic E-state index is 11.9. The summed E-state index contributed by atoms with van der Waals surface area (Å²) in [6.45, 7) is 0. The SMILES string of the molecule is Cn1nccc1C(=O)Cc1ccncc1Cl. The van der Waals surface area contributed by atoms with Crippen LogP contribution in [0.15, 0.2) is 30.7 Å². The Kier molecular flexibility index (Phi) is 3.01. The highest BCUT2D eigenvalue weighted by Gasteiger charge is 2.12. The van der Waals surface area contributed by atoms with Gasteiger partial charge in [0.2, 0.25) is 0 Å². The van der Waals surface area contributed by atoms with Gasteiger partial charge in [0.25, 0.3) is 0 Å². The van der Waals surface area contributed by atoms with E-state index in [0.717, 1.165) is 5.56 Å². The lowest BCUT2D eigenvalue weighted by molar-refractivity contribution is 0.0984. The lowest BCUT2D eigenvalue weighted by atomic mass is 10.1. The monoisotopic (exact) mass is 235 g/mol. The van der Waals surface area contributed by atoms with Crippen LogP contribution in [-0.4, -0.2) is 20.5 Å². The van der Waals surface area contributed by atoms with Crippen LogP contribution >= 0.6 is 11.6 Å². The van der Waals surface area contributed by atoms with E-state index >= 15 is 0 Å². The summed E-state index contributed by atoms with van der Waals surface area (Å²) in [4.78, 5) is 15.8. The van der Waals surface area contributed by atoms with E-state index in [4.69, 9.17) is 11.6 Å². The van der Waals surface area contributed by atoms with Crippen molar-refractivity contribution in [2.75, 3.05) is 0 Å². The second kappa shape index (κ2) is 4.45. The molecule has 82 valence electrons. The first-order valence-corrected chi connectivity index (χ1v) is 5.16. The van der Waals surface area contributed by atoms with Gasteiger partial charge in [-0.25, -0.2) is 0 Å². The highest BCUT2D eigenvalue weighted by Crippen LogP contribution is 2.15. The largest absolute Gasteiger partial charge is 0.292 e. The van der Waals surface area contributed by atoms with E-state index in [1.54, 1.807) is 36.3 Å². The zero-order valence-electron chi connectivity index (χ0n) is 8.72. The van der Waals surface area contributed by atoms with E-state index in [1.807, 2.05) is 0 Å². The molecule has 0 amide bonds. The normalized spacial score (nSPS) is 10.4. The summed E-state index contributed by atoms with van der Waals surface area (Å²) in [5.41, 5.74) is 1.36. The van der Waals surface area contributed by atoms with Gasteiger partial charge >= 0.3 is 0 Å². The molecule has 0 fully saturated rings. The lowest BCUT2D eigenvalue weighted by Crippen LogP contribution is -2.09. The Morgan fingerprint density at radius 3 is 2.88 bits per heavy atom. The first-order valence-electron chi connectivity index (χ1n) is 4.78. The van der Waals surface area contributed by atoms with Gasteiger partial charge in [0, 0.05) is 32.1 Å². The standard InChI is InChI=1S/C11H10ClN3O/c1-15-10(3-5-14-15)11(16)6-8-2-4-13-7-9(8)12/h2-5,7H,6H2,1H3. The van der Waals surface area contributed by atoms with Crippen LogP contribution in [0.5, 0.6) is 0 Å². The van der Waals surface area contributed by atoms with Gasteiger partial charge in [0.15, 0.2) is 5.78 Å². The molecule has 0 N–H and O–H groups in total. The van der Waals surface area contributed by atoms with E-state index in [-0.39, 0.29) is 12.2 Å². The molecule has 2 rings (SSSR count). The molecule has 0 aliphatic rings. The van der Waals surface area contributed by atoms with Crippen LogP contribution in [0.3, 0.4) is 0 Å². The molecule has 2 aromatic heterocycles. The van der Waals surface area contributed by atoms with Crippen LogP contribution in [-0.2, 0) is 13.5 Å². The topological polar surface area (TPSA) is 47.8 Å². The second-order valence-corrected chi connectivity index (χ2v) is 3.81. The molecule has 0 saturated heterocycles. The van der Waals surface area contributed by atoms with Crippen LogP contribution in [0.25, 0.3) is 0 Å². The maximum atomic E-state index is 11.9. The molecule has 0 aromatic carbocycles. The zero-order chi connectivity index (χ0) is 11.5. The molecule has 0 unspecified atom stereocenters. The Balaban J connectivity index is 2.21. The molecule has 2 aromatic rings. The first kappa shape index (κ1) is 10.8. The van der Waals surface area contributed by atoms with Crippen molar-refractivity contribution in [3.05, 3.63) is 47.0 Å². The number of ketones is 1. The van der Waals surface area contributed by atoms with Crippen molar-refractivity contribution in [1.82, 2.24) is 14.8 Å². The molecule has 0 aliphatic heterocycles. The number of aromatic nitrogens is 3. The van der Waals surface area contributed by atoms with Gasteiger partial charge < -0.3 is 0 Å². The number of carbonyl (C=O) groups excluding carboxylic acids is 1. The molecule has 2 heterocycles. The van der Waals surface area contributed by atoms with Crippen LogP contribution < -0.4 is 0 Å². The van der Waals surface area contributed by atoms with E-state index < -0.39 is 0 Å². The van der Waals surface area contributed by atoms with E-state index in [9.17, 15) is 4.79 Å². The average molecular weight is 236 g/mol. The third-order valence-corrected chi connectivity index (χ3v) is 2.65. The Morgan fingerprint density at radius 1 is 1.44 bits per heavy atom. The fourth-order valence-corrected chi connectivity index (χ4v) is 1.64. The molecule has 0 radical (unpaired) electrons. The number of hydrogen-bond donors (Lipinski definition) is 0. The summed E-state index contributed by atoms with van der Waals surface area (Å²) >= 11 is 5.93. The minimum Gasteiger partial charge on any atom is -0.292 e. The molecule has 0 aliphatic carbocycles. The number of aryl methyl sites for hydroxylation is 1. The van der Waals surface area contributed by atoms with Crippen molar-refractivity contribution in [1.29, 1.82) is 0 Å². The number of nitrogens with zero attached hydrogens (tertiary/aromatic N) is 3. The molecule has 0 bridgehead atoms. The number of carbonyl (C=O) groups is 1. The van der Waals surface area contributed by atoms with Gasteiger partial charge in [-0.15, -0.1) is 0 Å². The predicted octanol–water partition coefficient (Wildman–Crippen LogP) is 1.89. The van der Waals surface area contributed by atoms with Gasteiger partial charge in [-0.05, 0) is 17.7 Å². The molecule has 4 nitrogen and oxygen atoms in total. The van der Waals surface area contributed by atoms with Crippen molar-refractivity contribution in [3.8, 4) is 0 Å². The fourth-order valence-electron chi connectivity index (χ4n) is 1.46. The summed E-state index contributed by atoms with van der Waals surface area (Å²) in [5, 5.41) is 4.46. The molecular formula is C11H10ClN3O. The summed E-state index contributed by atoms with van der Waals surface area (Å²) in [6, 6.07) is 3.44. The number of halogens is 1. The lowest BCUT2D eigenvalue weighted by Gasteiger charge is -2.03. The Labute approximate surface area is 97.9 Å². The molecule has 0 atom stereocenters. The van der Waals surface area contributed by atoms with Gasteiger partial charge in [0.1, 0.15) is 5.69 Å². The highest BCUT2D eigenvalue weighted by atomic mass is 35.5. The van der Waals surface area contributed by atoms with E-state index in [0.29, 0.717) is 10.7 Å². The van der Waals surface area contributed by atoms with Crippen LogP contribution in [0.4, 0.5) is 0 Å². The molecule has 16 heavy (non-hydrogen) atoms. The minimum absolute atomic E-state index is 0.00639. The van der Waals surface area contributed by atoms with Crippen molar-refractivity contribution in [2.24, 2.45) is 7.05 Å². The number of rotatable bonds is 3. The van der Waals surface area contributed by atoms with Crippen LogP contribution in [0.1, 0.15) is 16.1 Å². The number of hydrogen-bond acceptors (Lipinski definition) is 3. The fraction of sp³-hybridized carbons (Fsp3) is 0.182. The van der Waals surface area contributed by atoms with Gasteiger partial charge in [-0.2, -0.15) is 5.10 Å². The maximum Gasteiger partial charge on any atom is 0.185 e. The van der Waals surface area contributed by atoms with E-state index in [1.165, 1.54) is 6.20 Å². The van der Waals surface area contributed by atoms with Crippen LogP contribution in [0.2, 0.25) is 5.02 Å². The van der Waals surface area contributed by atoms with Crippen LogP contribution in [0, 0.1) is 0 Å². The van der Waals surface area contributed by atoms with Crippen molar-refractivity contribution < 1.29 is 4.79 Å². The molecule has 5 heteroatoms. The third-order valence-electron chi connectivity index (χ3n) is 2.31. The highest BCUT2D eigenvalue weighted by molar-refractivity contribution is 6.31. The molecule has 0 saturated carbocycles. The Bertz CT molecular complexity index is 521. The van der Waals surface area contributed by atoms with Crippen molar-refractivity contribution in [2.45, 2.75) is 6.42 Å². The smallest absolute Gasteiger partial charge is 0.185 e. The third kappa shape index (κ3) is 2.12. The first-order chi connectivity index (χ1) is 7.68. The zero-order valence-corrected chi connectivity index (χ0v) is 9.48. The molecular weight excluding hydrogens is 226 g/mol. The van der Waals surface area contributed by atoms with Gasteiger partial charge in [0.05, 0.1) is 5.02 Å². The summed E-state index contributed by atoms with van der Waals surface area (Å²) in [6.07, 6.45) is 5.02. The predicted molar refractivity (Wildman–Crippen MR) is 60.5 cm³/mol. The number of Topliss-reactive ketones (excluding diaryl/α,β-unsaturated/α-hetero) is 1. The van der Waals surface area contributed by atoms with Gasteiger partial charge in [-0.3, -0.25) is 14.5 Å². The molecule has 0 spiro atoms.